The minimum Gasteiger partial charge on any atom is -0.493 e. The molecule has 96 valence electrons. The van der Waals surface area contributed by atoms with Crippen LogP contribution in [0.15, 0.2) is 24.3 Å². The SMILES string of the molecule is CC.CC1(C)COc2ccccc2C(C)(O)C1. The van der Waals surface area contributed by atoms with Crippen molar-refractivity contribution >= 4 is 0 Å². The number of hydrogen-bond acceptors (Lipinski definition) is 2. The Morgan fingerprint density at radius 3 is 2.35 bits per heavy atom. The molecule has 1 aromatic rings. The third kappa shape index (κ3) is 3.22. The fraction of sp³-hybridized carbons (Fsp3) is 0.600. The number of aliphatic hydroxyl groups is 1. The highest BCUT2D eigenvalue weighted by Crippen LogP contribution is 2.42. The summed E-state index contributed by atoms with van der Waals surface area (Å²) in [4.78, 5) is 0. The van der Waals surface area contributed by atoms with E-state index in [1.165, 1.54) is 0 Å². The fourth-order valence-electron chi connectivity index (χ4n) is 2.39. The normalized spacial score (nSPS) is 25.8. The Hall–Kier alpha value is -1.02. The summed E-state index contributed by atoms with van der Waals surface area (Å²) < 4.78 is 5.74. The van der Waals surface area contributed by atoms with E-state index in [0.29, 0.717) is 6.61 Å². The van der Waals surface area contributed by atoms with Crippen LogP contribution in [0.3, 0.4) is 0 Å². The summed E-state index contributed by atoms with van der Waals surface area (Å²) in [7, 11) is 0. The number of benzene rings is 1. The first kappa shape index (κ1) is 14.0. The van der Waals surface area contributed by atoms with Gasteiger partial charge in [0, 0.05) is 11.0 Å². The van der Waals surface area contributed by atoms with E-state index in [-0.39, 0.29) is 5.41 Å². The van der Waals surface area contributed by atoms with Crippen molar-refractivity contribution in [1.29, 1.82) is 0 Å². The van der Waals surface area contributed by atoms with Crippen molar-refractivity contribution in [1.82, 2.24) is 0 Å². The van der Waals surface area contributed by atoms with Gasteiger partial charge in [-0.3, -0.25) is 0 Å². The molecule has 1 atom stereocenters. The second-order valence-electron chi connectivity index (χ2n) is 5.40. The molecule has 1 heterocycles. The van der Waals surface area contributed by atoms with Crippen LogP contribution >= 0.6 is 0 Å². The molecule has 0 aromatic heterocycles. The quantitative estimate of drug-likeness (QED) is 0.743. The molecule has 2 rings (SSSR count). The van der Waals surface area contributed by atoms with Gasteiger partial charge in [0.25, 0.3) is 0 Å². The third-order valence-corrected chi connectivity index (χ3v) is 2.91. The van der Waals surface area contributed by atoms with Gasteiger partial charge in [-0.2, -0.15) is 0 Å². The van der Waals surface area contributed by atoms with Crippen LogP contribution in [0, 0.1) is 5.41 Å². The van der Waals surface area contributed by atoms with Gasteiger partial charge in [-0.1, -0.05) is 45.9 Å². The zero-order valence-corrected chi connectivity index (χ0v) is 11.6. The van der Waals surface area contributed by atoms with Gasteiger partial charge < -0.3 is 9.84 Å². The summed E-state index contributed by atoms with van der Waals surface area (Å²) in [5.41, 5.74) is 0.106. The minimum absolute atomic E-state index is 0.00250. The summed E-state index contributed by atoms with van der Waals surface area (Å²) in [6, 6.07) is 7.74. The maximum absolute atomic E-state index is 10.5. The van der Waals surface area contributed by atoms with Crippen LogP contribution in [0.4, 0.5) is 0 Å². The first-order chi connectivity index (χ1) is 7.91. The predicted octanol–water partition coefficient (Wildman–Crippen LogP) is 3.73. The summed E-state index contributed by atoms with van der Waals surface area (Å²) >= 11 is 0. The Morgan fingerprint density at radius 1 is 1.12 bits per heavy atom. The van der Waals surface area contributed by atoms with E-state index in [9.17, 15) is 5.11 Å². The Bertz CT molecular complexity index is 367. The van der Waals surface area contributed by atoms with Crippen molar-refractivity contribution in [2.75, 3.05) is 6.61 Å². The van der Waals surface area contributed by atoms with Crippen molar-refractivity contribution in [2.24, 2.45) is 5.41 Å². The van der Waals surface area contributed by atoms with Crippen LogP contribution in [0.25, 0.3) is 0 Å². The molecule has 1 unspecified atom stereocenters. The lowest BCUT2D eigenvalue weighted by atomic mass is 9.79. The van der Waals surface area contributed by atoms with Crippen LogP contribution < -0.4 is 4.74 Å². The van der Waals surface area contributed by atoms with Crippen LogP contribution in [0.2, 0.25) is 0 Å². The number of hydrogen-bond donors (Lipinski definition) is 1. The van der Waals surface area contributed by atoms with Crippen LogP contribution in [-0.4, -0.2) is 11.7 Å². The predicted molar refractivity (Wildman–Crippen MR) is 71.3 cm³/mol. The first-order valence-corrected chi connectivity index (χ1v) is 6.35. The largest absolute Gasteiger partial charge is 0.493 e. The van der Waals surface area contributed by atoms with E-state index in [4.69, 9.17) is 4.74 Å². The number of para-hydroxylation sites is 1. The van der Waals surface area contributed by atoms with Crippen LogP contribution in [0.1, 0.15) is 46.6 Å². The molecule has 2 nitrogen and oxygen atoms in total. The van der Waals surface area contributed by atoms with Gasteiger partial charge >= 0.3 is 0 Å². The van der Waals surface area contributed by atoms with Gasteiger partial charge in [0.2, 0.25) is 0 Å². The van der Waals surface area contributed by atoms with E-state index in [1.807, 2.05) is 45.0 Å². The molecular formula is C15H24O2. The number of ether oxygens (including phenoxy) is 1. The van der Waals surface area contributed by atoms with Crippen molar-refractivity contribution in [2.45, 2.75) is 46.6 Å². The molecular weight excluding hydrogens is 212 g/mol. The molecule has 0 fully saturated rings. The van der Waals surface area contributed by atoms with E-state index < -0.39 is 5.60 Å². The lowest BCUT2D eigenvalue weighted by Crippen LogP contribution is -2.29. The van der Waals surface area contributed by atoms with Gasteiger partial charge in [-0.05, 0) is 19.4 Å². The minimum atomic E-state index is -0.795. The van der Waals surface area contributed by atoms with Crippen molar-refractivity contribution in [3.05, 3.63) is 29.8 Å². The van der Waals surface area contributed by atoms with Gasteiger partial charge in [0.05, 0.1) is 12.2 Å². The van der Waals surface area contributed by atoms with E-state index >= 15 is 0 Å². The topological polar surface area (TPSA) is 29.5 Å². The molecule has 0 amide bonds. The second kappa shape index (κ2) is 5.09. The highest BCUT2D eigenvalue weighted by atomic mass is 16.5. The summed E-state index contributed by atoms with van der Waals surface area (Å²) in [6.45, 7) is 10.8. The van der Waals surface area contributed by atoms with E-state index in [2.05, 4.69) is 13.8 Å². The maximum atomic E-state index is 10.5. The molecule has 1 aromatic carbocycles. The lowest BCUT2D eigenvalue weighted by molar-refractivity contribution is 0.0107. The fourth-order valence-corrected chi connectivity index (χ4v) is 2.39. The molecule has 0 spiro atoms. The third-order valence-electron chi connectivity index (χ3n) is 2.91. The Kier molecular flexibility index (Phi) is 4.21. The van der Waals surface area contributed by atoms with Crippen LogP contribution in [0.5, 0.6) is 5.75 Å². The Morgan fingerprint density at radius 2 is 1.71 bits per heavy atom. The smallest absolute Gasteiger partial charge is 0.125 e. The molecule has 0 saturated carbocycles. The molecule has 2 heteroatoms. The van der Waals surface area contributed by atoms with E-state index in [0.717, 1.165) is 17.7 Å². The van der Waals surface area contributed by atoms with Crippen molar-refractivity contribution in [3.63, 3.8) is 0 Å². The molecule has 1 N–H and O–H groups in total. The molecule has 0 saturated heterocycles. The molecule has 0 radical (unpaired) electrons. The van der Waals surface area contributed by atoms with Gasteiger partial charge in [0.15, 0.2) is 0 Å². The molecule has 0 aliphatic carbocycles. The highest BCUT2D eigenvalue weighted by molar-refractivity contribution is 5.38. The zero-order valence-electron chi connectivity index (χ0n) is 11.6. The number of fused-ring (bicyclic) bond motifs is 1. The molecule has 0 bridgehead atoms. The molecule has 1 aliphatic rings. The van der Waals surface area contributed by atoms with Crippen molar-refractivity contribution < 1.29 is 9.84 Å². The highest BCUT2D eigenvalue weighted by Gasteiger charge is 2.37. The molecule has 17 heavy (non-hydrogen) atoms. The Labute approximate surface area is 105 Å². The maximum Gasteiger partial charge on any atom is 0.125 e. The summed E-state index contributed by atoms with van der Waals surface area (Å²) in [5.74, 6) is 0.813. The zero-order chi connectivity index (χ0) is 13.1. The standard InChI is InChI=1S/C13H18O2.C2H6/c1-12(2)8-13(3,14)10-6-4-5-7-11(10)15-9-12;1-2/h4-7,14H,8-9H2,1-3H3;1-2H3. The lowest BCUT2D eigenvalue weighted by Gasteiger charge is -2.29. The van der Waals surface area contributed by atoms with Crippen molar-refractivity contribution in [3.8, 4) is 5.75 Å². The van der Waals surface area contributed by atoms with Gasteiger partial charge in [0.1, 0.15) is 5.75 Å². The first-order valence-electron chi connectivity index (χ1n) is 6.35. The number of rotatable bonds is 0. The second-order valence-corrected chi connectivity index (χ2v) is 5.40. The average molecular weight is 236 g/mol. The summed E-state index contributed by atoms with van der Waals surface area (Å²) in [5, 5.41) is 10.5. The van der Waals surface area contributed by atoms with Gasteiger partial charge in [-0.25, -0.2) is 0 Å². The summed E-state index contributed by atoms with van der Waals surface area (Å²) in [6.07, 6.45) is 0.719. The molecule has 1 aliphatic heterocycles. The Balaban J connectivity index is 0.000000686. The van der Waals surface area contributed by atoms with E-state index in [1.54, 1.807) is 0 Å². The average Bonchev–Trinajstić information content (AvgIpc) is 2.36. The van der Waals surface area contributed by atoms with Gasteiger partial charge in [-0.15, -0.1) is 0 Å². The van der Waals surface area contributed by atoms with Crippen LogP contribution in [-0.2, 0) is 5.60 Å². The monoisotopic (exact) mass is 236 g/mol.